The van der Waals surface area contributed by atoms with Crippen molar-refractivity contribution in [2.75, 3.05) is 65.6 Å². The monoisotopic (exact) mass is 931 g/mol. The van der Waals surface area contributed by atoms with Crippen molar-refractivity contribution in [1.82, 2.24) is 25.8 Å². The van der Waals surface area contributed by atoms with Crippen LogP contribution in [0.25, 0.3) is 10.4 Å². The number of aliphatic hydroxyl groups excluding tert-OH is 1. The molecule has 1 aliphatic heterocycles. The molecule has 0 bridgehead atoms. The Balaban J connectivity index is 1.58. The molecular formula is C41H65N5O13S3. The second-order valence-electron chi connectivity index (χ2n) is 17.5. The Hall–Kier alpha value is -3.57. The average Bonchev–Trinajstić information content (AvgIpc) is 3.78. The summed E-state index contributed by atoms with van der Waals surface area (Å²) < 4.78 is 55.2. The highest BCUT2D eigenvalue weighted by Crippen LogP contribution is 2.31. The molecule has 1 unspecified atom stereocenters. The number of carbonyl (C=O) groups is 4. The predicted octanol–water partition coefficient (Wildman–Crippen LogP) is 4.23. The van der Waals surface area contributed by atoms with Crippen LogP contribution in [-0.4, -0.2) is 148 Å². The summed E-state index contributed by atoms with van der Waals surface area (Å²) in [5.41, 5.74) is 3.20. The SMILES string of the molecule is Cc1ncsc1-c1ccc(CNC(=O)[C@@H]2C[C@@H](OC(=O)OCC(C)(C)SS(C)(=O)=O)CN2C(=O)[C@@H](NC(O)COCCOCCOCCNC(=O)OC(C)(C)C)C(C)(C)C)cc1. The largest absolute Gasteiger partial charge is 0.508 e. The highest BCUT2D eigenvalue weighted by molar-refractivity contribution is 8.72. The molecule has 21 heteroatoms. The fourth-order valence-corrected chi connectivity index (χ4v) is 10.5. The van der Waals surface area contributed by atoms with Crippen molar-refractivity contribution in [2.24, 2.45) is 5.41 Å². The van der Waals surface area contributed by atoms with Gasteiger partial charge in [0.15, 0.2) is 8.87 Å². The van der Waals surface area contributed by atoms with E-state index in [0.29, 0.717) is 17.4 Å². The maximum atomic E-state index is 14.4. The van der Waals surface area contributed by atoms with Crippen LogP contribution in [0.2, 0.25) is 0 Å². The predicted molar refractivity (Wildman–Crippen MR) is 236 cm³/mol. The topological polar surface area (TPSA) is 230 Å². The molecule has 0 spiro atoms. The third-order valence-electron chi connectivity index (χ3n) is 8.86. The number of likely N-dealkylation sites (tertiary alicyclic amines) is 1. The fraction of sp³-hybridized carbons (Fsp3) is 0.683. The van der Waals surface area contributed by atoms with Crippen LogP contribution in [0, 0.1) is 12.3 Å². The smallest absolute Gasteiger partial charge is 0.444 e. The number of alkyl carbamates (subject to hydrolysis) is 1. The third-order valence-corrected chi connectivity index (χ3v) is 13.0. The molecule has 2 heterocycles. The number of hydrogen-bond donors (Lipinski definition) is 4. The number of aliphatic hydroxyl groups is 1. The lowest BCUT2D eigenvalue weighted by Gasteiger charge is -2.36. The zero-order chi connectivity index (χ0) is 46.3. The number of ether oxygens (including phenoxy) is 6. The Kier molecular flexibility index (Phi) is 20.4. The first-order valence-corrected chi connectivity index (χ1v) is 24.4. The summed E-state index contributed by atoms with van der Waals surface area (Å²) >= 11 is 1.54. The fourth-order valence-electron chi connectivity index (χ4n) is 6.14. The van der Waals surface area contributed by atoms with E-state index >= 15 is 0 Å². The van der Waals surface area contributed by atoms with Gasteiger partial charge in [-0.3, -0.25) is 14.9 Å². The van der Waals surface area contributed by atoms with Crippen molar-refractivity contribution < 1.29 is 61.1 Å². The number of benzene rings is 1. The number of thiazole rings is 1. The van der Waals surface area contributed by atoms with Crippen molar-refractivity contribution in [3.05, 3.63) is 41.0 Å². The number of hydrogen-bond acceptors (Lipinski definition) is 17. The van der Waals surface area contributed by atoms with Crippen molar-refractivity contribution >= 4 is 55.1 Å². The maximum Gasteiger partial charge on any atom is 0.508 e. The molecule has 1 aliphatic rings. The first kappa shape index (κ1) is 52.8. The van der Waals surface area contributed by atoms with Crippen LogP contribution in [0.1, 0.15) is 73.1 Å². The number of rotatable bonds is 23. The summed E-state index contributed by atoms with van der Waals surface area (Å²) in [5.74, 6) is -0.971. The number of nitrogens with one attached hydrogen (secondary N) is 3. The molecule has 62 heavy (non-hydrogen) atoms. The summed E-state index contributed by atoms with van der Waals surface area (Å²) in [5, 5.41) is 19.4. The first-order chi connectivity index (χ1) is 28.8. The Morgan fingerprint density at radius 1 is 0.952 bits per heavy atom. The lowest BCUT2D eigenvalue weighted by molar-refractivity contribution is -0.143. The van der Waals surface area contributed by atoms with Gasteiger partial charge < -0.3 is 49.1 Å². The van der Waals surface area contributed by atoms with E-state index in [1.165, 1.54) is 16.2 Å². The molecule has 4 N–H and O–H groups in total. The Labute approximate surface area is 373 Å². The highest BCUT2D eigenvalue weighted by Gasteiger charge is 2.46. The molecular weight excluding hydrogens is 867 g/mol. The summed E-state index contributed by atoms with van der Waals surface area (Å²) in [6.45, 7) is 17.0. The molecule has 1 fully saturated rings. The van der Waals surface area contributed by atoms with Crippen molar-refractivity contribution in [1.29, 1.82) is 0 Å². The van der Waals surface area contributed by atoms with E-state index in [-0.39, 0.29) is 65.7 Å². The minimum Gasteiger partial charge on any atom is -0.444 e. The number of carbonyl (C=O) groups excluding carboxylic acids is 4. The van der Waals surface area contributed by atoms with Gasteiger partial charge >= 0.3 is 12.2 Å². The van der Waals surface area contributed by atoms with E-state index < -0.39 is 73.1 Å². The van der Waals surface area contributed by atoms with Gasteiger partial charge in [-0.1, -0.05) is 45.0 Å². The van der Waals surface area contributed by atoms with Crippen molar-refractivity contribution in [2.45, 2.75) is 110 Å². The Bertz CT molecular complexity index is 1860. The lowest BCUT2D eigenvalue weighted by Crippen LogP contribution is -2.59. The molecule has 1 aromatic carbocycles. The molecule has 4 atom stereocenters. The molecule has 350 valence electrons. The van der Waals surface area contributed by atoms with Gasteiger partial charge in [0, 0.05) is 25.8 Å². The molecule has 0 radical (unpaired) electrons. The molecule has 3 amide bonds. The third kappa shape index (κ3) is 19.4. The summed E-state index contributed by atoms with van der Waals surface area (Å²) in [6, 6.07) is 5.66. The molecule has 0 saturated carbocycles. The molecule has 1 saturated heterocycles. The maximum absolute atomic E-state index is 14.4. The van der Waals surface area contributed by atoms with Crippen molar-refractivity contribution in [3.63, 3.8) is 0 Å². The number of aryl methyl sites for hydroxylation is 1. The zero-order valence-electron chi connectivity index (χ0n) is 37.4. The summed E-state index contributed by atoms with van der Waals surface area (Å²) in [4.78, 5) is 59.5. The van der Waals surface area contributed by atoms with Crippen LogP contribution in [0.4, 0.5) is 9.59 Å². The van der Waals surface area contributed by atoms with Gasteiger partial charge in [0.25, 0.3) is 0 Å². The minimum absolute atomic E-state index is 0.0334. The molecule has 1 aromatic heterocycles. The lowest BCUT2D eigenvalue weighted by atomic mass is 9.85. The van der Waals surface area contributed by atoms with E-state index in [1.54, 1.807) is 40.1 Å². The number of nitrogens with zero attached hydrogens (tertiary/aromatic N) is 2. The van der Waals surface area contributed by atoms with Crippen LogP contribution < -0.4 is 16.0 Å². The molecule has 18 nitrogen and oxygen atoms in total. The van der Waals surface area contributed by atoms with Gasteiger partial charge in [-0.15, -0.1) is 11.3 Å². The summed E-state index contributed by atoms with van der Waals surface area (Å²) in [7, 11) is -2.78. The van der Waals surface area contributed by atoms with Gasteiger partial charge in [0.1, 0.15) is 30.6 Å². The van der Waals surface area contributed by atoms with Gasteiger partial charge in [-0.2, -0.15) is 0 Å². The molecule has 3 rings (SSSR count). The van der Waals surface area contributed by atoms with Gasteiger partial charge in [0.05, 0.1) is 73.1 Å². The van der Waals surface area contributed by atoms with E-state index in [0.717, 1.165) is 28.0 Å². The minimum atomic E-state index is -3.43. The Morgan fingerprint density at radius 3 is 2.16 bits per heavy atom. The zero-order valence-corrected chi connectivity index (χ0v) is 39.9. The van der Waals surface area contributed by atoms with Crippen LogP contribution in [0.15, 0.2) is 29.8 Å². The number of amides is 3. The van der Waals surface area contributed by atoms with E-state index in [9.17, 15) is 32.7 Å². The quantitative estimate of drug-likeness (QED) is 0.0529. The number of aromatic nitrogens is 1. The van der Waals surface area contributed by atoms with Crippen LogP contribution in [0.3, 0.4) is 0 Å². The van der Waals surface area contributed by atoms with E-state index in [2.05, 4.69) is 20.9 Å². The van der Waals surface area contributed by atoms with Crippen LogP contribution >= 0.6 is 22.1 Å². The van der Waals surface area contributed by atoms with Gasteiger partial charge in [0.2, 0.25) is 11.8 Å². The van der Waals surface area contributed by atoms with Crippen LogP contribution in [0.5, 0.6) is 0 Å². The average molecular weight is 932 g/mol. The second-order valence-corrected chi connectivity index (χ2v) is 23.3. The first-order valence-electron chi connectivity index (χ1n) is 20.3. The van der Waals surface area contributed by atoms with E-state index in [4.69, 9.17) is 28.4 Å². The second kappa shape index (κ2) is 23.9. The van der Waals surface area contributed by atoms with E-state index in [1.807, 2.05) is 52.0 Å². The summed E-state index contributed by atoms with van der Waals surface area (Å²) in [6.07, 6.45) is -2.76. The highest BCUT2D eigenvalue weighted by atomic mass is 33.1. The standard InChI is InChI=1S/C41H65N5O13S3/c1-27-33(60-26-44-27)29-13-11-28(12-14-29)22-43-35(48)31-21-30(58-38(51)57-25-41(8,9)61-62(10,52)53)23-46(31)36(49)34(39(2,3)4)45-32(47)24-56-20-19-55-18-17-54-16-15-42-37(50)59-40(5,6)7/h11-14,26,30-32,34,45,47H,15-25H2,1-10H3,(H,42,50)(H,43,48)/t30-,31+,32?,34-/m1/s1. The van der Waals surface area contributed by atoms with Crippen molar-refractivity contribution in [3.8, 4) is 10.4 Å². The normalized spacial score (nSPS) is 17.0. The van der Waals surface area contributed by atoms with Crippen LogP contribution in [-0.2, 0) is 53.4 Å². The Morgan fingerprint density at radius 2 is 1.58 bits per heavy atom. The molecule has 0 aliphatic carbocycles. The molecule has 2 aromatic rings. The van der Waals surface area contributed by atoms with Gasteiger partial charge in [-0.25, -0.2) is 23.0 Å². The van der Waals surface area contributed by atoms with Gasteiger partial charge in [-0.05, 0) is 68.9 Å².